The van der Waals surface area contributed by atoms with Crippen LogP contribution in [-0.4, -0.2) is 9.97 Å². The van der Waals surface area contributed by atoms with E-state index in [2.05, 4.69) is 132 Å². The van der Waals surface area contributed by atoms with Gasteiger partial charge in [0, 0.05) is 24.8 Å². The van der Waals surface area contributed by atoms with Crippen molar-refractivity contribution in [1.82, 2.24) is 9.97 Å². The lowest BCUT2D eigenvalue weighted by Gasteiger charge is -2.34. The highest BCUT2D eigenvalue weighted by Gasteiger charge is 2.46. The highest BCUT2D eigenvalue weighted by Crippen LogP contribution is 2.57. The van der Waals surface area contributed by atoms with Crippen molar-refractivity contribution >= 4 is 0 Å². The zero-order valence-corrected chi connectivity index (χ0v) is 21.2. The average molecular weight is 487 g/mol. The molecule has 0 saturated carbocycles. The Balaban J connectivity index is 1.59. The fraction of sp³-hybridized carbons (Fsp3) is 0.0556. The molecule has 4 aromatic carbocycles. The molecule has 0 fully saturated rings. The molecule has 1 aliphatic carbocycles. The standard InChI is InChI=1S/C36H26N2/c1-25-7-11-31(12-8-25)36(30-5-3-2-4-6-30)34-23-28(26-15-19-37-20-16-26)9-13-32(34)33-14-10-29(24-35(33)36)27-17-21-38-22-18-27/h2-24H,1H3. The number of hydrogen-bond acceptors (Lipinski definition) is 2. The SMILES string of the molecule is Cc1ccc(C2(c3ccccc3)c3cc(-c4ccncc4)ccc3-c3ccc(-c4ccncc4)cc32)cc1. The summed E-state index contributed by atoms with van der Waals surface area (Å²) in [5, 5.41) is 0. The van der Waals surface area contributed by atoms with Gasteiger partial charge in [0.1, 0.15) is 0 Å². The van der Waals surface area contributed by atoms with Gasteiger partial charge in [-0.1, -0.05) is 84.4 Å². The second kappa shape index (κ2) is 8.93. The van der Waals surface area contributed by atoms with E-state index < -0.39 is 5.41 Å². The van der Waals surface area contributed by atoms with Crippen LogP contribution in [0.4, 0.5) is 0 Å². The first kappa shape index (κ1) is 22.4. The Hall–Kier alpha value is -4.82. The van der Waals surface area contributed by atoms with Crippen LogP contribution in [0.2, 0.25) is 0 Å². The molecule has 2 heteroatoms. The Morgan fingerprint density at radius 2 is 0.921 bits per heavy atom. The van der Waals surface area contributed by atoms with Gasteiger partial charge in [-0.3, -0.25) is 9.97 Å². The summed E-state index contributed by atoms with van der Waals surface area (Å²) < 4.78 is 0. The summed E-state index contributed by atoms with van der Waals surface area (Å²) >= 11 is 0. The fourth-order valence-corrected chi connectivity index (χ4v) is 6.05. The van der Waals surface area contributed by atoms with Crippen molar-refractivity contribution in [3.63, 3.8) is 0 Å². The molecule has 2 aromatic heterocycles. The quantitative estimate of drug-likeness (QED) is 0.249. The maximum atomic E-state index is 4.24. The van der Waals surface area contributed by atoms with Crippen molar-refractivity contribution in [2.75, 3.05) is 0 Å². The van der Waals surface area contributed by atoms with Gasteiger partial charge in [0.25, 0.3) is 0 Å². The van der Waals surface area contributed by atoms with Crippen molar-refractivity contribution < 1.29 is 0 Å². The van der Waals surface area contributed by atoms with Crippen LogP contribution in [0.5, 0.6) is 0 Å². The van der Waals surface area contributed by atoms with E-state index in [4.69, 9.17) is 0 Å². The molecular formula is C36H26N2. The van der Waals surface area contributed by atoms with Gasteiger partial charge in [0.15, 0.2) is 0 Å². The lowest BCUT2D eigenvalue weighted by Crippen LogP contribution is -2.28. The summed E-state index contributed by atoms with van der Waals surface area (Å²) in [6, 6.07) is 42.2. The van der Waals surface area contributed by atoms with E-state index >= 15 is 0 Å². The number of fused-ring (bicyclic) bond motifs is 3. The second-order valence-electron chi connectivity index (χ2n) is 9.97. The number of aromatic nitrogens is 2. The monoisotopic (exact) mass is 486 g/mol. The zero-order chi connectivity index (χ0) is 25.5. The van der Waals surface area contributed by atoms with Crippen molar-refractivity contribution in [2.45, 2.75) is 12.3 Å². The predicted molar refractivity (Wildman–Crippen MR) is 155 cm³/mol. The van der Waals surface area contributed by atoms with Gasteiger partial charge >= 0.3 is 0 Å². The summed E-state index contributed by atoms with van der Waals surface area (Å²) in [6.07, 6.45) is 7.46. The highest BCUT2D eigenvalue weighted by molar-refractivity contribution is 5.90. The molecule has 6 aromatic rings. The molecule has 0 unspecified atom stereocenters. The van der Waals surface area contributed by atoms with E-state index in [9.17, 15) is 0 Å². The molecule has 0 atom stereocenters. The summed E-state index contributed by atoms with van der Waals surface area (Å²) in [4.78, 5) is 8.48. The van der Waals surface area contributed by atoms with E-state index in [0.717, 1.165) is 0 Å². The summed E-state index contributed by atoms with van der Waals surface area (Å²) in [5.41, 5.74) is 13.2. The smallest absolute Gasteiger partial charge is 0.0714 e. The van der Waals surface area contributed by atoms with Crippen LogP contribution in [-0.2, 0) is 5.41 Å². The maximum absolute atomic E-state index is 4.24. The minimum atomic E-state index is -0.453. The molecule has 0 aliphatic heterocycles. The van der Waals surface area contributed by atoms with Crippen LogP contribution in [0.1, 0.15) is 27.8 Å². The van der Waals surface area contributed by atoms with E-state index in [1.54, 1.807) is 0 Å². The Labute approximate surface area is 223 Å². The van der Waals surface area contributed by atoms with Gasteiger partial charge < -0.3 is 0 Å². The van der Waals surface area contributed by atoms with Crippen LogP contribution in [0, 0.1) is 6.92 Å². The Morgan fingerprint density at radius 1 is 0.447 bits per heavy atom. The molecule has 0 amide bonds. The molecule has 180 valence electrons. The molecule has 0 radical (unpaired) electrons. The van der Waals surface area contributed by atoms with E-state index in [1.807, 2.05) is 24.8 Å². The van der Waals surface area contributed by atoms with Crippen molar-refractivity contribution in [3.05, 3.63) is 168 Å². The van der Waals surface area contributed by atoms with Crippen LogP contribution >= 0.6 is 0 Å². The van der Waals surface area contributed by atoms with Crippen molar-refractivity contribution in [2.24, 2.45) is 0 Å². The molecule has 0 spiro atoms. The largest absolute Gasteiger partial charge is 0.265 e. The molecule has 0 N–H and O–H groups in total. The number of aryl methyl sites for hydroxylation is 1. The zero-order valence-electron chi connectivity index (χ0n) is 21.2. The maximum Gasteiger partial charge on any atom is 0.0714 e. The van der Waals surface area contributed by atoms with Crippen LogP contribution in [0.15, 0.2) is 140 Å². The molecule has 7 rings (SSSR count). The Bertz CT molecular complexity index is 1650. The van der Waals surface area contributed by atoms with Gasteiger partial charge in [-0.2, -0.15) is 0 Å². The number of nitrogens with zero attached hydrogens (tertiary/aromatic N) is 2. The number of pyridine rings is 2. The predicted octanol–water partition coefficient (Wildman–Crippen LogP) is 8.48. The topological polar surface area (TPSA) is 25.8 Å². The minimum Gasteiger partial charge on any atom is -0.265 e. The Morgan fingerprint density at radius 3 is 1.42 bits per heavy atom. The first-order valence-corrected chi connectivity index (χ1v) is 13.0. The summed E-state index contributed by atoms with van der Waals surface area (Å²) in [5.74, 6) is 0. The molecule has 0 saturated heterocycles. The third-order valence-electron chi connectivity index (χ3n) is 7.86. The molecular weight excluding hydrogens is 460 g/mol. The molecule has 2 heterocycles. The first-order valence-electron chi connectivity index (χ1n) is 13.0. The fourth-order valence-electron chi connectivity index (χ4n) is 6.05. The van der Waals surface area contributed by atoms with Crippen molar-refractivity contribution in [3.8, 4) is 33.4 Å². The second-order valence-corrected chi connectivity index (χ2v) is 9.97. The van der Waals surface area contributed by atoms with E-state index in [0.29, 0.717) is 0 Å². The van der Waals surface area contributed by atoms with Gasteiger partial charge in [0.05, 0.1) is 5.41 Å². The number of rotatable bonds is 4. The van der Waals surface area contributed by atoms with Gasteiger partial charge in [-0.05, 0) is 99.0 Å². The van der Waals surface area contributed by atoms with Crippen LogP contribution in [0.3, 0.4) is 0 Å². The van der Waals surface area contributed by atoms with Crippen LogP contribution < -0.4 is 0 Å². The number of benzene rings is 4. The first-order chi connectivity index (χ1) is 18.7. The minimum absolute atomic E-state index is 0.453. The normalized spacial score (nSPS) is 13.1. The molecule has 38 heavy (non-hydrogen) atoms. The highest BCUT2D eigenvalue weighted by atomic mass is 14.6. The molecule has 2 nitrogen and oxygen atoms in total. The van der Waals surface area contributed by atoms with Gasteiger partial charge in [-0.25, -0.2) is 0 Å². The molecule has 0 bridgehead atoms. The summed E-state index contributed by atoms with van der Waals surface area (Å²) in [6.45, 7) is 2.15. The third kappa shape index (κ3) is 3.42. The van der Waals surface area contributed by atoms with E-state index in [-0.39, 0.29) is 0 Å². The van der Waals surface area contributed by atoms with Gasteiger partial charge in [0.2, 0.25) is 0 Å². The lowest BCUT2D eigenvalue weighted by atomic mass is 9.67. The third-order valence-corrected chi connectivity index (χ3v) is 7.86. The lowest BCUT2D eigenvalue weighted by molar-refractivity contribution is 0.768. The van der Waals surface area contributed by atoms with Crippen LogP contribution in [0.25, 0.3) is 33.4 Å². The number of hydrogen-bond donors (Lipinski definition) is 0. The summed E-state index contributed by atoms with van der Waals surface area (Å²) in [7, 11) is 0. The average Bonchev–Trinajstić information content (AvgIpc) is 3.29. The van der Waals surface area contributed by atoms with Gasteiger partial charge in [-0.15, -0.1) is 0 Å². The molecule has 1 aliphatic rings. The van der Waals surface area contributed by atoms with E-state index in [1.165, 1.54) is 61.2 Å². The Kier molecular flexibility index (Phi) is 5.26. The van der Waals surface area contributed by atoms with Crippen molar-refractivity contribution in [1.29, 1.82) is 0 Å².